The Kier molecular flexibility index (Phi) is 6.00. The largest absolute Gasteiger partial charge is 0.496 e. The van der Waals surface area contributed by atoms with Crippen molar-refractivity contribution in [1.29, 1.82) is 0 Å². The van der Waals surface area contributed by atoms with Crippen LogP contribution in [0.4, 0.5) is 5.69 Å². The van der Waals surface area contributed by atoms with Crippen molar-refractivity contribution in [3.05, 3.63) is 53.9 Å². The van der Waals surface area contributed by atoms with Gasteiger partial charge < -0.3 is 10.1 Å². The summed E-state index contributed by atoms with van der Waals surface area (Å²) in [5, 5.41) is 2.85. The zero-order valence-electron chi connectivity index (χ0n) is 11.4. The molecule has 0 aliphatic rings. The minimum Gasteiger partial charge on any atom is -0.496 e. The van der Waals surface area contributed by atoms with Crippen LogP contribution in [0.1, 0.15) is 22.8 Å². The molecule has 0 spiro atoms. The lowest BCUT2D eigenvalue weighted by Gasteiger charge is -2.10. The molecule has 0 unspecified atom stereocenters. The predicted octanol–water partition coefficient (Wildman–Crippen LogP) is 3.33. The van der Waals surface area contributed by atoms with Crippen molar-refractivity contribution in [2.75, 3.05) is 12.4 Å². The summed E-state index contributed by atoms with van der Waals surface area (Å²) in [6, 6.07) is 9.07. The molecule has 4 nitrogen and oxygen atoms in total. The summed E-state index contributed by atoms with van der Waals surface area (Å²) < 4.78 is 5.26. The highest BCUT2D eigenvalue weighted by Crippen LogP contribution is 2.23. The number of aryl methyl sites for hydroxylation is 1. The van der Waals surface area contributed by atoms with Crippen molar-refractivity contribution in [3.8, 4) is 5.75 Å². The van der Waals surface area contributed by atoms with Crippen LogP contribution in [0, 0.1) is 0 Å². The second kappa shape index (κ2) is 7.50. The van der Waals surface area contributed by atoms with E-state index in [1.165, 1.54) is 0 Å². The van der Waals surface area contributed by atoms with Crippen LogP contribution in [0.15, 0.2) is 42.7 Å². The lowest BCUT2D eigenvalue weighted by molar-refractivity contribution is 0.102. The molecule has 1 N–H and O–H groups in total. The van der Waals surface area contributed by atoms with Crippen LogP contribution in [0.2, 0.25) is 0 Å². The number of aromatic nitrogens is 1. The fourth-order valence-electron chi connectivity index (χ4n) is 1.83. The molecular formula is C15H17ClN2O2. The van der Waals surface area contributed by atoms with Crippen molar-refractivity contribution in [1.82, 2.24) is 4.98 Å². The summed E-state index contributed by atoms with van der Waals surface area (Å²) in [5.41, 5.74) is 2.36. The molecule has 0 aliphatic heterocycles. The molecule has 5 heteroatoms. The Hall–Kier alpha value is -2.07. The number of carbonyl (C=O) groups is 1. The van der Waals surface area contributed by atoms with Gasteiger partial charge in [-0.25, -0.2) is 0 Å². The highest BCUT2D eigenvalue weighted by molar-refractivity contribution is 6.04. The van der Waals surface area contributed by atoms with Crippen LogP contribution in [0.3, 0.4) is 0 Å². The average molecular weight is 293 g/mol. The summed E-state index contributed by atoms with van der Waals surface area (Å²) in [4.78, 5) is 15.9. The summed E-state index contributed by atoms with van der Waals surface area (Å²) in [7, 11) is 1.64. The van der Waals surface area contributed by atoms with Crippen LogP contribution in [0.5, 0.6) is 5.75 Å². The van der Waals surface area contributed by atoms with Gasteiger partial charge in [-0.3, -0.25) is 9.78 Å². The maximum absolute atomic E-state index is 12.0. The van der Waals surface area contributed by atoms with Gasteiger partial charge in [0.05, 0.1) is 12.7 Å². The summed E-state index contributed by atoms with van der Waals surface area (Å²) in [6.07, 6.45) is 4.03. The van der Waals surface area contributed by atoms with E-state index in [2.05, 4.69) is 10.3 Å². The van der Waals surface area contributed by atoms with E-state index >= 15 is 0 Å². The minimum atomic E-state index is -0.166. The molecule has 0 saturated carbocycles. The first kappa shape index (κ1) is 16.0. The number of amides is 1. The first-order valence-electron chi connectivity index (χ1n) is 6.13. The van der Waals surface area contributed by atoms with Crippen molar-refractivity contribution in [3.63, 3.8) is 0 Å². The first-order valence-corrected chi connectivity index (χ1v) is 6.13. The van der Waals surface area contributed by atoms with Crippen molar-refractivity contribution >= 4 is 24.0 Å². The summed E-state index contributed by atoms with van der Waals surface area (Å²) in [6.45, 7) is 2.05. The number of methoxy groups -OCH3 is 1. The number of nitrogens with one attached hydrogen (secondary N) is 1. The maximum atomic E-state index is 12.0. The van der Waals surface area contributed by atoms with Gasteiger partial charge in [-0.1, -0.05) is 6.92 Å². The third-order valence-electron chi connectivity index (χ3n) is 2.84. The van der Waals surface area contributed by atoms with Gasteiger partial charge in [0, 0.05) is 18.1 Å². The molecule has 1 heterocycles. The number of rotatable bonds is 4. The Morgan fingerprint density at radius 1 is 1.35 bits per heavy atom. The lowest BCUT2D eigenvalue weighted by Crippen LogP contribution is -2.12. The van der Waals surface area contributed by atoms with E-state index in [1.54, 1.807) is 31.6 Å². The smallest absolute Gasteiger partial charge is 0.257 e. The molecule has 106 valence electrons. The van der Waals surface area contributed by atoms with Crippen LogP contribution in [-0.4, -0.2) is 18.0 Å². The Balaban J connectivity index is 0.00000200. The molecule has 2 aromatic rings. The van der Waals surface area contributed by atoms with E-state index in [-0.39, 0.29) is 18.3 Å². The van der Waals surface area contributed by atoms with E-state index in [9.17, 15) is 4.79 Å². The third kappa shape index (κ3) is 3.71. The second-order valence-electron chi connectivity index (χ2n) is 4.08. The fraction of sp³-hybridized carbons (Fsp3) is 0.200. The molecule has 0 bridgehead atoms. The Labute approximate surface area is 124 Å². The molecule has 20 heavy (non-hydrogen) atoms. The minimum absolute atomic E-state index is 0. The molecule has 0 atom stereocenters. The maximum Gasteiger partial charge on any atom is 0.257 e. The van der Waals surface area contributed by atoms with Gasteiger partial charge in [0.25, 0.3) is 5.91 Å². The molecular weight excluding hydrogens is 276 g/mol. The van der Waals surface area contributed by atoms with Crippen LogP contribution >= 0.6 is 12.4 Å². The number of hydrogen-bond donors (Lipinski definition) is 1. The molecule has 2 rings (SSSR count). The van der Waals surface area contributed by atoms with E-state index in [0.29, 0.717) is 5.56 Å². The van der Waals surface area contributed by atoms with Gasteiger partial charge in [-0.2, -0.15) is 0 Å². The van der Waals surface area contributed by atoms with Crippen LogP contribution in [-0.2, 0) is 6.42 Å². The highest BCUT2D eigenvalue weighted by Gasteiger charge is 2.07. The number of halogens is 1. The van der Waals surface area contributed by atoms with Gasteiger partial charge in [0.15, 0.2) is 0 Å². The average Bonchev–Trinajstić information content (AvgIpc) is 2.48. The van der Waals surface area contributed by atoms with E-state index < -0.39 is 0 Å². The van der Waals surface area contributed by atoms with Crippen LogP contribution < -0.4 is 10.1 Å². The topological polar surface area (TPSA) is 51.2 Å². The van der Waals surface area contributed by atoms with Gasteiger partial charge >= 0.3 is 0 Å². The zero-order valence-corrected chi connectivity index (χ0v) is 12.2. The highest BCUT2D eigenvalue weighted by atomic mass is 35.5. The first-order chi connectivity index (χ1) is 9.24. The molecule has 1 aromatic carbocycles. The number of anilines is 1. The summed E-state index contributed by atoms with van der Waals surface area (Å²) in [5.74, 6) is 0.669. The van der Waals surface area contributed by atoms with Gasteiger partial charge in [0.1, 0.15) is 5.75 Å². The molecule has 0 aliphatic carbocycles. The van der Waals surface area contributed by atoms with E-state index in [4.69, 9.17) is 4.74 Å². The number of benzene rings is 1. The number of ether oxygens (including phenoxy) is 1. The summed E-state index contributed by atoms with van der Waals surface area (Å²) >= 11 is 0. The lowest BCUT2D eigenvalue weighted by atomic mass is 10.1. The van der Waals surface area contributed by atoms with Gasteiger partial charge in [-0.15, -0.1) is 12.4 Å². The Morgan fingerprint density at radius 2 is 2.15 bits per heavy atom. The molecule has 0 radical (unpaired) electrons. The van der Waals surface area contributed by atoms with E-state index in [0.717, 1.165) is 23.4 Å². The van der Waals surface area contributed by atoms with Gasteiger partial charge in [0.2, 0.25) is 0 Å². The number of hydrogen-bond acceptors (Lipinski definition) is 3. The Bertz CT molecular complexity index is 573. The van der Waals surface area contributed by atoms with Crippen LogP contribution in [0.25, 0.3) is 0 Å². The number of nitrogens with zero attached hydrogens (tertiary/aromatic N) is 1. The molecule has 1 aromatic heterocycles. The fourth-order valence-corrected chi connectivity index (χ4v) is 1.83. The standard InChI is InChI=1S/C15H16N2O2.ClH/c1-3-11-9-13(6-7-14(11)19-2)17-15(18)12-5-4-8-16-10-12;/h4-10H,3H2,1-2H3,(H,17,18);1H. The Morgan fingerprint density at radius 3 is 2.75 bits per heavy atom. The monoisotopic (exact) mass is 292 g/mol. The predicted molar refractivity (Wildman–Crippen MR) is 81.8 cm³/mol. The second-order valence-corrected chi connectivity index (χ2v) is 4.08. The van der Waals surface area contributed by atoms with E-state index in [1.807, 2.05) is 25.1 Å². The third-order valence-corrected chi connectivity index (χ3v) is 2.84. The number of pyridine rings is 1. The number of carbonyl (C=O) groups excluding carboxylic acids is 1. The quantitative estimate of drug-likeness (QED) is 0.940. The van der Waals surface area contributed by atoms with Crippen molar-refractivity contribution in [2.24, 2.45) is 0 Å². The zero-order chi connectivity index (χ0) is 13.7. The molecule has 0 saturated heterocycles. The molecule has 0 fully saturated rings. The van der Waals surface area contributed by atoms with Crippen molar-refractivity contribution in [2.45, 2.75) is 13.3 Å². The van der Waals surface area contributed by atoms with Gasteiger partial charge in [-0.05, 0) is 42.3 Å². The SMILES string of the molecule is CCc1cc(NC(=O)c2cccnc2)ccc1OC.Cl. The normalized spacial score (nSPS) is 9.50. The molecule has 1 amide bonds. The van der Waals surface area contributed by atoms with Crippen molar-refractivity contribution < 1.29 is 9.53 Å².